The van der Waals surface area contributed by atoms with Crippen molar-refractivity contribution in [2.45, 2.75) is 252 Å². The summed E-state index contributed by atoms with van der Waals surface area (Å²) in [6.45, 7) is 23.4. The summed E-state index contributed by atoms with van der Waals surface area (Å²) in [6, 6.07) is 9.27. The maximum Gasteiger partial charge on any atom is -0.0162 e. The molecule has 8 saturated carbocycles. The first-order chi connectivity index (χ1) is 33.1. The maximum absolute atomic E-state index is 3.97. The minimum Gasteiger partial charge on any atom is -0.103 e. The molecule has 0 radical (unpaired) electrons. The average Bonchev–Trinajstić information content (AvgIpc) is 3.39. The van der Waals surface area contributed by atoms with E-state index in [4.69, 9.17) is 0 Å². The summed E-state index contributed by atoms with van der Waals surface area (Å²) in [5.41, 5.74) is 2.96. The highest BCUT2D eigenvalue weighted by atomic mass is 14.4. The topological polar surface area (TPSA) is 0 Å². The van der Waals surface area contributed by atoms with Crippen LogP contribution in [-0.4, -0.2) is 0 Å². The average molecular weight is 930 g/mol. The van der Waals surface area contributed by atoms with Gasteiger partial charge >= 0.3 is 0 Å². The summed E-state index contributed by atoms with van der Waals surface area (Å²) < 4.78 is 0. The Morgan fingerprint density at radius 3 is 0.985 bits per heavy atom. The summed E-state index contributed by atoms with van der Waals surface area (Å²) in [4.78, 5) is 0. The molecule has 0 unspecified atom stereocenters. The van der Waals surface area contributed by atoms with Gasteiger partial charge in [-0.3, -0.25) is 0 Å². The summed E-state index contributed by atoms with van der Waals surface area (Å²) in [7, 11) is 0. The van der Waals surface area contributed by atoms with E-state index in [0.717, 1.165) is 94.7 Å². The summed E-state index contributed by atoms with van der Waals surface area (Å²) in [6.07, 6.45) is 59.7. The van der Waals surface area contributed by atoms with Gasteiger partial charge in [0.05, 0.1) is 0 Å². The fourth-order valence-electron chi connectivity index (χ4n) is 16.0. The highest BCUT2D eigenvalue weighted by Gasteiger charge is 2.33. The van der Waals surface area contributed by atoms with Crippen molar-refractivity contribution in [3.8, 4) is 0 Å². The molecule has 0 heterocycles. The molecule has 0 aliphatic heterocycles. The third-order valence-electron chi connectivity index (χ3n) is 21.1. The lowest BCUT2D eigenvalue weighted by atomic mass is 9.68. The van der Waals surface area contributed by atoms with Crippen LogP contribution in [0.2, 0.25) is 0 Å². The molecule has 1 aromatic carbocycles. The van der Waals surface area contributed by atoms with Crippen LogP contribution in [0.1, 0.15) is 257 Å². The molecule has 384 valence electrons. The van der Waals surface area contributed by atoms with Crippen LogP contribution in [0.5, 0.6) is 0 Å². The van der Waals surface area contributed by atoms with Crippen molar-refractivity contribution in [3.05, 3.63) is 85.5 Å². The van der Waals surface area contributed by atoms with Crippen LogP contribution in [0.4, 0.5) is 0 Å². The van der Waals surface area contributed by atoms with Gasteiger partial charge in [-0.25, -0.2) is 0 Å². The highest BCUT2D eigenvalue weighted by molar-refractivity contribution is 5.25. The molecular formula is C68H112. The Kier molecular flexibility index (Phi) is 24.7. The van der Waals surface area contributed by atoms with E-state index in [0.29, 0.717) is 0 Å². The molecule has 68 heavy (non-hydrogen) atoms. The smallest absolute Gasteiger partial charge is 0.0162 e. The predicted molar refractivity (Wildman–Crippen MR) is 301 cm³/mol. The van der Waals surface area contributed by atoms with E-state index in [1.54, 1.807) is 5.56 Å². The lowest BCUT2D eigenvalue weighted by molar-refractivity contribution is 0.151. The Labute approximate surface area is 424 Å². The first-order valence-corrected chi connectivity index (χ1v) is 30.7. The molecule has 8 aliphatic rings. The lowest BCUT2D eigenvalue weighted by Gasteiger charge is -2.37. The highest BCUT2D eigenvalue weighted by Crippen LogP contribution is 2.46. The molecule has 8 aliphatic carbocycles. The molecule has 9 rings (SSSR count). The number of allylic oxidation sites excluding steroid dienone is 5. The van der Waals surface area contributed by atoms with Crippen LogP contribution < -0.4 is 0 Å². The third-order valence-corrected chi connectivity index (χ3v) is 21.1. The van der Waals surface area contributed by atoms with Crippen LogP contribution in [0.25, 0.3) is 0 Å². The molecule has 0 amide bonds. The van der Waals surface area contributed by atoms with Gasteiger partial charge in [-0.15, -0.1) is 19.7 Å². The number of hydrogen-bond acceptors (Lipinski definition) is 0. The second kappa shape index (κ2) is 30.3. The van der Waals surface area contributed by atoms with Crippen molar-refractivity contribution in [2.24, 2.45) is 88.8 Å². The number of aryl methyl sites for hydroxylation is 1. The monoisotopic (exact) mass is 929 g/mol. The zero-order valence-corrected chi connectivity index (χ0v) is 45.9. The van der Waals surface area contributed by atoms with Crippen molar-refractivity contribution in [2.75, 3.05) is 0 Å². The van der Waals surface area contributed by atoms with Crippen molar-refractivity contribution >= 4 is 0 Å². The van der Waals surface area contributed by atoms with Crippen LogP contribution in [0.15, 0.2) is 74.4 Å². The molecule has 8 fully saturated rings. The summed E-state index contributed by atoms with van der Waals surface area (Å²) in [5.74, 6) is 15.9. The van der Waals surface area contributed by atoms with Gasteiger partial charge < -0.3 is 0 Å². The molecule has 1 aromatic rings. The lowest BCUT2D eigenvalue weighted by Crippen LogP contribution is -2.25. The molecule has 0 N–H and O–H groups in total. The first kappa shape index (κ1) is 55.5. The molecule has 0 bridgehead atoms. The Morgan fingerprint density at radius 1 is 0.382 bits per heavy atom. The number of hydrogen-bond donors (Lipinski definition) is 0. The quantitative estimate of drug-likeness (QED) is 0.205. The minimum absolute atomic E-state index is 0.810. The Hall–Kier alpha value is -1.82. The first-order valence-electron chi connectivity index (χ1n) is 30.7. The van der Waals surface area contributed by atoms with Crippen molar-refractivity contribution in [1.29, 1.82) is 0 Å². The van der Waals surface area contributed by atoms with Gasteiger partial charge in [0.25, 0.3) is 0 Å². The van der Waals surface area contributed by atoms with Gasteiger partial charge in [-0.2, -0.15) is 0 Å². The van der Waals surface area contributed by atoms with Gasteiger partial charge in [0, 0.05) is 0 Å². The second-order valence-electron chi connectivity index (χ2n) is 25.9. The molecule has 0 saturated heterocycles. The predicted octanol–water partition coefficient (Wildman–Crippen LogP) is 21.5. The maximum atomic E-state index is 3.97. The standard InChI is InChI=1S/C21H30.2C16H28.C15H26/c1-3-17-6-10-19(11-7-17)21-14-12-20(13-15-21)18-8-4-16(2)5-9-18;2*1-3-4-14-7-11-16(12-8-14)15-9-5-13(2)6-10-15;1-3-13-6-10-15(11-7-13)14-8-4-12(2)5-9-14/h3-5,8-9,17,19-21H,1,6-7,10-15H2,2H3;3-4,13-16H,5-12H2,1-2H3;3,13-16H,1,4-12H2,2H3;3,12-15H,1,4-11H2,2H3. The zero-order chi connectivity index (χ0) is 48.1. The van der Waals surface area contributed by atoms with Crippen LogP contribution in [0.3, 0.4) is 0 Å². The van der Waals surface area contributed by atoms with Crippen LogP contribution in [0, 0.1) is 95.7 Å². The normalized spacial score (nSPS) is 39.0. The van der Waals surface area contributed by atoms with E-state index in [1.807, 2.05) is 0 Å². The van der Waals surface area contributed by atoms with E-state index in [-0.39, 0.29) is 0 Å². The molecule has 0 atom stereocenters. The zero-order valence-electron chi connectivity index (χ0n) is 45.9. The summed E-state index contributed by atoms with van der Waals surface area (Å²) >= 11 is 0. The van der Waals surface area contributed by atoms with Gasteiger partial charge in [0.15, 0.2) is 0 Å². The fourth-order valence-corrected chi connectivity index (χ4v) is 16.0. The van der Waals surface area contributed by atoms with E-state index >= 15 is 0 Å². The molecular weight excluding hydrogens is 817 g/mol. The fraction of sp³-hybridized carbons (Fsp3) is 0.794. The van der Waals surface area contributed by atoms with Crippen molar-refractivity contribution in [1.82, 2.24) is 0 Å². The van der Waals surface area contributed by atoms with E-state index < -0.39 is 0 Å². The van der Waals surface area contributed by atoms with Gasteiger partial charge in [-0.1, -0.05) is 120 Å². The SMILES string of the molecule is C=CC1CCC(C2CCC(C)CC2)CC1.C=CC1CCC(C2CCC(c3ccc(C)cc3)CC2)CC1.C=CCC1CCC(C2CCC(C)CC2)CC1.CC=CC1CCC(C2CCC(C)CC2)CC1. The Bertz CT molecular complexity index is 1500. The second-order valence-corrected chi connectivity index (χ2v) is 25.9. The third kappa shape index (κ3) is 18.3. The van der Waals surface area contributed by atoms with Crippen molar-refractivity contribution < 1.29 is 0 Å². The van der Waals surface area contributed by atoms with Crippen molar-refractivity contribution in [3.63, 3.8) is 0 Å². The molecule has 0 heteroatoms. The number of rotatable bonds is 10. The minimum atomic E-state index is 0.810. The molecule has 0 aromatic heterocycles. The molecule has 0 nitrogen and oxygen atoms in total. The van der Waals surface area contributed by atoms with E-state index in [9.17, 15) is 0 Å². The van der Waals surface area contributed by atoms with Crippen LogP contribution in [-0.2, 0) is 0 Å². The largest absolute Gasteiger partial charge is 0.103 e. The van der Waals surface area contributed by atoms with Gasteiger partial charge in [-0.05, 0) is 287 Å². The van der Waals surface area contributed by atoms with Gasteiger partial charge in [0.1, 0.15) is 0 Å². The Morgan fingerprint density at radius 2 is 0.676 bits per heavy atom. The number of benzene rings is 1. The van der Waals surface area contributed by atoms with Crippen LogP contribution >= 0.6 is 0 Å². The van der Waals surface area contributed by atoms with E-state index in [1.165, 1.54) is 217 Å². The van der Waals surface area contributed by atoms with Gasteiger partial charge in [0.2, 0.25) is 0 Å². The van der Waals surface area contributed by atoms with E-state index in [2.05, 4.69) is 109 Å². The molecule has 0 spiro atoms. The Balaban J connectivity index is 0.000000151. The summed E-state index contributed by atoms with van der Waals surface area (Å²) in [5, 5.41) is 0.